The van der Waals surface area contributed by atoms with E-state index >= 15 is 0 Å². The number of thioether (sulfide) groups is 1. The molecule has 0 saturated carbocycles. The number of carbonyl (C=O) groups excluding carboxylic acids is 2. The first-order valence-corrected chi connectivity index (χ1v) is 13.0. The molecule has 1 fully saturated rings. The van der Waals surface area contributed by atoms with Crippen molar-refractivity contribution >= 4 is 50.1 Å². The van der Waals surface area contributed by atoms with E-state index in [2.05, 4.69) is 9.71 Å². The Morgan fingerprint density at radius 1 is 0.971 bits per heavy atom. The standard InChI is InChI=1S/C25H23N3O4S2/c1-2-18-13-15-21(16-14-18)34(31,32)27-25-28(20-11-7-4-8-12-20)24(30)22(33-25)17-23(29)26-19-9-5-3-6-10-19/h3-16,22H,2,17H2,1H3,(H,26,29)/b27-25+. The van der Waals surface area contributed by atoms with Gasteiger partial charge < -0.3 is 5.32 Å². The number of nitrogens with one attached hydrogen (secondary N) is 1. The third-order valence-corrected chi connectivity index (χ3v) is 7.74. The number of benzene rings is 3. The van der Waals surface area contributed by atoms with Crippen molar-refractivity contribution < 1.29 is 18.0 Å². The van der Waals surface area contributed by atoms with Gasteiger partial charge in [0.1, 0.15) is 5.25 Å². The van der Waals surface area contributed by atoms with Crippen LogP contribution in [-0.2, 0) is 26.0 Å². The Morgan fingerprint density at radius 3 is 2.21 bits per heavy atom. The lowest BCUT2D eigenvalue weighted by Gasteiger charge is -2.16. The van der Waals surface area contributed by atoms with Crippen LogP contribution in [-0.4, -0.2) is 30.6 Å². The summed E-state index contributed by atoms with van der Waals surface area (Å²) in [5, 5.41) is 1.98. The Labute approximate surface area is 203 Å². The maximum absolute atomic E-state index is 13.3. The van der Waals surface area contributed by atoms with E-state index in [0.717, 1.165) is 23.7 Å². The molecule has 4 rings (SSSR count). The van der Waals surface area contributed by atoms with Gasteiger partial charge in [0.15, 0.2) is 5.17 Å². The number of para-hydroxylation sites is 2. The van der Waals surface area contributed by atoms with Gasteiger partial charge in [0.05, 0.1) is 10.6 Å². The maximum Gasteiger partial charge on any atom is 0.284 e. The predicted molar refractivity (Wildman–Crippen MR) is 135 cm³/mol. The molecular formula is C25H23N3O4S2. The molecule has 1 atom stereocenters. The fourth-order valence-electron chi connectivity index (χ4n) is 3.43. The van der Waals surface area contributed by atoms with Gasteiger partial charge in [-0.1, -0.05) is 67.2 Å². The molecule has 0 bridgehead atoms. The predicted octanol–water partition coefficient (Wildman–Crippen LogP) is 4.47. The monoisotopic (exact) mass is 493 g/mol. The lowest BCUT2D eigenvalue weighted by molar-refractivity contribution is -0.121. The molecule has 0 aliphatic carbocycles. The second kappa shape index (κ2) is 10.2. The summed E-state index contributed by atoms with van der Waals surface area (Å²) in [7, 11) is -4.06. The minimum absolute atomic E-state index is 0.0216. The Balaban J connectivity index is 1.62. The summed E-state index contributed by atoms with van der Waals surface area (Å²) < 4.78 is 30.1. The van der Waals surface area contributed by atoms with Crippen molar-refractivity contribution in [2.45, 2.75) is 29.9 Å². The van der Waals surface area contributed by atoms with E-state index in [0.29, 0.717) is 11.4 Å². The number of sulfonamides is 1. The van der Waals surface area contributed by atoms with Gasteiger partial charge in [-0.25, -0.2) is 0 Å². The van der Waals surface area contributed by atoms with Crippen molar-refractivity contribution in [3.63, 3.8) is 0 Å². The highest BCUT2D eigenvalue weighted by Gasteiger charge is 2.41. The van der Waals surface area contributed by atoms with Crippen LogP contribution < -0.4 is 10.2 Å². The van der Waals surface area contributed by atoms with Crippen molar-refractivity contribution in [1.82, 2.24) is 0 Å². The van der Waals surface area contributed by atoms with E-state index in [-0.39, 0.29) is 22.4 Å². The van der Waals surface area contributed by atoms with Gasteiger partial charge in [-0.05, 0) is 48.4 Å². The second-order valence-electron chi connectivity index (χ2n) is 7.58. The number of amides is 2. The molecule has 1 aliphatic rings. The van der Waals surface area contributed by atoms with Crippen LogP contribution in [0.3, 0.4) is 0 Å². The first-order valence-electron chi connectivity index (χ1n) is 10.7. The van der Waals surface area contributed by atoms with E-state index in [9.17, 15) is 18.0 Å². The third kappa shape index (κ3) is 5.37. The number of anilines is 2. The first kappa shape index (κ1) is 23.7. The molecule has 174 valence electrons. The van der Waals surface area contributed by atoms with Crippen LogP contribution in [0.1, 0.15) is 18.9 Å². The molecule has 3 aromatic carbocycles. The molecule has 1 unspecified atom stereocenters. The van der Waals surface area contributed by atoms with Crippen molar-refractivity contribution in [1.29, 1.82) is 0 Å². The molecule has 34 heavy (non-hydrogen) atoms. The number of hydrogen-bond donors (Lipinski definition) is 1. The second-order valence-corrected chi connectivity index (χ2v) is 10.4. The van der Waals surface area contributed by atoms with Crippen LogP contribution in [0.5, 0.6) is 0 Å². The summed E-state index contributed by atoms with van der Waals surface area (Å²) in [6, 6.07) is 24.1. The summed E-state index contributed by atoms with van der Waals surface area (Å²) in [6.45, 7) is 1.98. The highest BCUT2D eigenvalue weighted by Crippen LogP contribution is 2.35. The molecule has 2 amide bonds. The number of nitrogens with zero attached hydrogens (tertiary/aromatic N) is 2. The average Bonchev–Trinajstić information content (AvgIpc) is 3.13. The van der Waals surface area contributed by atoms with Crippen molar-refractivity contribution in [2.24, 2.45) is 4.40 Å². The van der Waals surface area contributed by atoms with Gasteiger partial charge in [0, 0.05) is 12.1 Å². The first-order chi connectivity index (χ1) is 16.4. The Bertz CT molecular complexity index is 1310. The van der Waals surface area contributed by atoms with E-state index < -0.39 is 21.2 Å². The van der Waals surface area contributed by atoms with Crippen molar-refractivity contribution in [2.75, 3.05) is 10.2 Å². The van der Waals surface area contributed by atoms with E-state index in [4.69, 9.17) is 0 Å². The molecule has 0 radical (unpaired) electrons. The number of carbonyl (C=O) groups is 2. The van der Waals surface area contributed by atoms with Crippen LogP contribution >= 0.6 is 11.8 Å². The van der Waals surface area contributed by atoms with Crippen LogP contribution in [0.4, 0.5) is 11.4 Å². The Morgan fingerprint density at radius 2 is 1.59 bits per heavy atom. The van der Waals surface area contributed by atoms with Gasteiger partial charge in [0.2, 0.25) is 11.8 Å². The van der Waals surface area contributed by atoms with Gasteiger partial charge in [0.25, 0.3) is 10.0 Å². The molecule has 9 heteroatoms. The van der Waals surface area contributed by atoms with Crippen LogP contribution in [0.25, 0.3) is 0 Å². The van der Waals surface area contributed by atoms with E-state index in [1.54, 1.807) is 66.7 Å². The lowest BCUT2D eigenvalue weighted by atomic mass is 10.2. The maximum atomic E-state index is 13.3. The van der Waals surface area contributed by atoms with Crippen molar-refractivity contribution in [3.05, 3.63) is 90.5 Å². The van der Waals surface area contributed by atoms with Gasteiger partial charge in [-0.3, -0.25) is 14.5 Å². The number of rotatable bonds is 7. The topological polar surface area (TPSA) is 95.9 Å². The SMILES string of the molecule is CCc1ccc(S(=O)(=O)/N=C2/SC(CC(=O)Nc3ccccc3)C(=O)N2c2ccccc2)cc1. The summed E-state index contributed by atoms with van der Waals surface area (Å²) in [5.74, 6) is -0.737. The largest absolute Gasteiger partial charge is 0.326 e. The Hall–Kier alpha value is -3.43. The van der Waals surface area contributed by atoms with Gasteiger partial charge >= 0.3 is 0 Å². The third-order valence-electron chi connectivity index (χ3n) is 5.21. The molecule has 1 aliphatic heterocycles. The highest BCUT2D eigenvalue weighted by molar-refractivity contribution is 8.16. The highest BCUT2D eigenvalue weighted by atomic mass is 32.2. The molecule has 1 N–H and O–H groups in total. The zero-order valence-electron chi connectivity index (χ0n) is 18.4. The van der Waals surface area contributed by atoms with Crippen LogP contribution in [0, 0.1) is 0 Å². The molecule has 1 heterocycles. The summed E-state index contributed by atoms with van der Waals surface area (Å²) in [6.07, 6.45) is 0.666. The Kier molecular flexibility index (Phi) is 7.14. The molecule has 0 aromatic heterocycles. The number of aryl methyl sites for hydroxylation is 1. The lowest BCUT2D eigenvalue weighted by Crippen LogP contribution is -2.33. The zero-order valence-corrected chi connectivity index (χ0v) is 20.1. The van der Waals surface area contributed by atoms with Crippen molar-refractivity contribution in [3.8, 4) is 0 Å². The number of hydrogen-bond acceptors (Lipinski definition) is 5. The summed E-state index contributed by atoms with van der Waals surface area (Å²) in [4.78, 5) is 27.1. The van der Waals surface area contributed by atoms with Crippen LogP contribution in [0.2, 0.25) is 0 Å². The fourth-order valence-corrected chi connectivity index (χ4v) is 5.76. The minimum atomic E-state index is -4.06. The normalized spacial score (nSPS) is 17.2. The molecule has 7 nitrogen and oxygen atoms in total. The molecular weight excluding hydrogens is 470 g/mol. The van der Waals surface area contributed by atoms with Gasteiger partial charge in [-0.2, -0.15) is 8.42 Å². The van der Waals surface area contributed by atoms with E-state index in [1.165, 1.54) is 17.0 Å². The van der Waals surface area contributed by atoms with Gasteiger partial charge in [-0.15, -0.1) is 4.40 Å². The summed E-state index contributed by atoms with van der Waals surface area (Å²) in [5.41, 5.74) is 2.11. The molecule has 3 aromatic rings. The quantitative estimate of drug-likeness (QED) is 0.524. The fraction of sp³-hybridized carbons (Fsp3) is 0.160. The zero-order chi connectivity index (χ0) is 24.1. The smallest absolute Gasteiger partial charge is 0.284 e. The summed E-state index contributed by atoms with van der Waals surface area (Å²) >= 11 is 0.976. The van der Waals surface area contributed by atoms with E-state index in [1.807, 2.05) is 13.0 Å². The van der Waals surface area contributed by atoms with Crippen LogP contribution in [0.15, 0.2) is 94.2 Å². The average molecular weight is 494 g/mol. The number of amidine groups is 1. The molecule has 0 spiro atoms. The minimum Gasteiger partial charge on any atom is -0.326 e. The molecule has 1 saturated heterocycles.